The molecular weight excluding hydrogens is 864 g/mol. The number of carbonyl (C=O) groups is 1. The van der Waals surface area contributed by atoms with Crippen molar-refractivity contribution < 1.29 is 47.9 Å². The number of benzene rings is 4. The van der Waals surface area contributed by atoms with Gasteiger partial charge in [-0.25, -0.2) is 0 Å². The van der Waals surface area contributed by atoms with E-state index >= 15 is 0 Å². The van der Waals surface area contributed by atoms with E-state index in [-0.39, 0.29) is 49.0 Å². The third-order valence-corrected chi connectivity index (χ3v) is 9.86. The summed E-state index contributed by atoms with van der Waals surface area (Å²) < 4.78 is 43.5. The number of carbonyl (C=O) groups excluding carboxylic acids is 1. The van der Waals surface area contributed by atoms with Crippen molar-refractivity contribution in [1.29, 1.82) is 0 Å². The number of alkyl halides is 3. The van der Waals surface area contributed by atoms with Crippen molar-refractivity contribution in [2.75, 3.05) is 0 Å². The Morgan fingerprint density at radius 2 is 1.50 bits per heavy atom. The maximum absolute atomic E-state index is 12.2. The molecule has 1 unspecified atom stereocenters. The molecule has 1 aliphatic rings. The Bertz CT molecular complexity index is 2150. The number of ether oxygens (including phenoxy) is 1. The van der Waals surface area contributed by atoms with Crippen LogP contribution in [0.3, 0.4) is 0 Å². The smallest absolute Gasteiger partial charge is 0.389 e. The third-order valence-electron chi connectivity index (χ3n) is 9.86. The van der Waals surface area contributed by atoms with E-state index in [0.717, 1.165) is 52.4 Å². The molecule has 0 saturated heterocycles. The molecule has 5 aromatic rings. The second kappa shape index (κ2) is 17.0. The van der Waals surface area contributed by atoms with Crippen LogP contribution in [0, 0.1) is 28.7 Å². The average Bonchev–Trinajstić information content (AvgIpc) is 3.07. The first-order valence-electron chi connectivity index (χ1n) is 18.8. The summed E-state index contributed by atoms with van der Waals surface area (Å²) in [5.41, 5.74) is 4.92. The van der Waals surface area contributed by atoms with Gasteiger partial charge in [0.1, 0.15) is 5.75 Å². The molecule has 54 heavy (non-hydrogen) atoms. The molecule has 1 radical (unpaired) electrons. The molecule has 4 nitrogen and oxygen atoms in total. The Morgan fingerprint density at radius 1 is 0.852 bits per heavy atom. The summed E-state index contributed by atoms with van der Waals surface area (Å²) in [4.78, 5) is 16.6. The number of aromatic nitrogens is 1. The number of halogens is 3. The summed E-state index contributed by atoms with van der Waals surface area (Å²) in [5, 5.41) is 16.8. The van der Waals surface area contributed by atoms with Gasteiger partial charge in [-0.15, -0.1) is 17.5 Å². The summed E-state index contributed by atoms with van der Waals surface area (Å²) in [6.07, 6.45) is 0.814. The van der Waals surface area contributed by atoms with Crippen LogP contribution in [0.25, 0.3) is 43.6 Å². The Hall–Kier alpha value is -3.74. The zero-order chi connectivity index (χ0) is 38.9. The van der Waals surface area contributed by atoms with Gasteiger partial charge in [0.25, 0.3) is 0 Å². The summed E-state index contributed by atoms with van der Waals surface area (Å²) in [7, 11) is 0. The molecule has 0 amide bonds. The molecule has 1 aromatic heterocycles. The monoisotopic (exact) mass is 917 g/mol. The van der Waals surface area contributed by atoms with Crippen molar-refractivity contribution >= 4 is 38.1 Å². The van der Waals surface area contributed by atoms with E-state index in [4.69, 9.17) is 9.72 Å². The zero-order valence-electron chi connectivity index (χ0n) is 32.9. The number of aliphatic hydroxyl groups excluding tert-OH is 1. The molecule has 291 valence electrons. The van der Waals surface area contributed by atoms with Crippen LogP contribution in [0.4, 0.5) is 13.2 Å². The van der Waals surface area contributed by atoms with Gasteiger partial charge >= 0.3 is 6.18 Å². The van der Waals surface area contributed by atoms with Crippen LogP contribution >= 0.6 is 0 Å². The number of fused-ring (bicyclic) bond motifs is 5. The van der Waals surface area contributed by atoms with Crippen molar-refractivity contribution in [2.45, 2.75) is 107 Å². The maximum atomic E-state index is 12.2. The van der Waals surface area contributed by atoms with E-state index in [0.29, 0.717) is 12.8 Å². The summed E-state index contributed by atoms with van der Waals surface area (Å²) in [6, 6.07) is 23.4. The quantitative estimate of drug-likeness (QED) is 0.0679. The second-order valence-corrected chi connectivity index (χ2v) is 16.9. The number of rotatable bonds is 9. The molecule has 1 atom stereocenters. The van der Waals surface area contributed by atoms with Gasteiger partial charge in [0, 0.05) is 55.3 Å². The molecule has 0 aliphatic carbocycles. The number of pyridine rings is 1. The normalized spacial score (nSPS) is 13.6. The van der Waals surface area contributed by atoms with Gasteiger partial charge in [0.2, 0.25) is 0 Å². The van der Waals surface area contributed by atoms with Gasteiger partial charge in [-0.1, -0.05) is 115 Å². The van der Waals surface area contributed by atoms with Crippen LogP contribution in [0.5, 0.6) is 11.5 Å². The molecule has 0 bridgehead atoms. The Balaban J connectivity index is 0.000000294. The fraction of sp³-hybridized carbons (Fsp3) is 0.435. The Kier molecular flexibility index (Phi) is 13.5. The first kappa shape index (κ1) is 43.0. The van der Waals surface area contributed by atoms with Crippen LogP contribution in [0.1, 0.15) is 99.1 Å². The third kappa shape index (κ3) is 10.1. The molecule has 6 rings (SSSR count). The van der Waals surface area contributed by atoms with Gasteiger partial charge in [-0.3, -0.25) is 9.78 Å². The standard InChI is InChI=1S/C33H32NO.C13H21F3O2.Ir/c1-32(2,3)18-20-11-12-22-17-28-29-24(25(22)15-20)13-14-34-30(29)26-16-21-9-7-8-10-23(21)27(31(26)35-28)19-33(4,5)6;1-4-9(5-2)11(17)7-12(18)10(6-3)8-13(14,15)16;/h7-15,17H,18-19H2,1-6H3;7,9-10,17H,4-6,8H2,1-3H3;/q-1;;/b;11-7-;. The molecule has 0 fully saturated rings. The average molecular weight is 917 g/mol. The molecule has 4 aromatic carbocycles. The minimum Gasteiger partial charge on any atom is -0.512 e. The Labute approximate surface area is 332 Å². The number of nitrogens with zero attached hydrogens (tertiary/aromatic N) is 1. The van der Waals surface area contributed by atoms with E-state index in [9.17, 15) is 23.1 Å². The topological polar surface area (TPSA) is 59.4 Å². The van der Waals surface area contributed by atoms with Gasteiger partial charge in [-0.2, -0.15) is 13.2 Å². The molecule has 0 saturated carbocycles. The van der Waals surface area contributed by atoms with Crippen molar-refractivity contribution in [2.24, 2.45) is 22.7 Å². The van der Waals surface area contributed by atoms with Crippen LogP contribution in [0.15, 0.2) is 72.6 Å². The molecular formula is C46H53F3IrNO3-. The van der Waals surface area contributed by atoms with Crippen molar-refractivity contribution in [3.05, 3.63) is 89.8 Å². The fourth-order valence-corrected chi connectivity index (χ4v) is 7.33. The van der Waals surface area contributed by atoms with E-state index < -0.39 is 24.3 Å². The van der Waals surface area contributed by atoms with Crippen molar-refractivity contribution in [3.63, 3.8) is 0 Å². The fourth-order valence-electron chi connectivity index (χ4n) is 7.33. The largest absolute Gasteiger partial charge is 0.512 e. The number of allylic oxidation sites excluding steroid dienone is 2. The van der Waals surface area contributed by atoms with Crippen LogP contribution in [0.2, 0.25) is 0 Å². The van der Waals surface area contributed by atoms with Crippen molar-refractivity contribution in [3.8, 4) is 22.8 Å². The number of hydrogen-bond donors (Lipinski definition) is 1. The minimum absolute atomic E-state index is 0. The molecule has 2 heterocycles. The first-order valence-corrected chi connectivity index (χ1v) is 18.8. The van der Waals surface area contributed by atoms with Crippen LogP contribution in [-0.4, -0.2) is 22.1 Å². The van der Waals surface area contributed by atoms with Gasteiger partial charge in [0.05, 0.1) is 17.9 Å². The number of hydrogen-bond acceptors (Lipinski definition) is 4. The zero-order valence-corrected chi connectivity index (χ0v) is 35.3. The van der Waals surface area contributed by atoms with Crippen LogP contribution in [-0.2, 0) is 37.7 Å². The second-order valence-electron chi connectivity index (χ2n) is 16.9. The summed E-state index contributed by atoms with van der Waals surface area (Å²) in [6.45, 7) is 19.0. The number of ketones is 1. The minimum atomic E-state index is -4.35. The van der Waals surface area contributed by atoms with Gasteiger partial charge in [-0.05, 0) is 76.8 Å². The molecule has 1 aliphatic heterocycles. The first-order chi connectivity index (χ1) is 24.8. The number of aliphatic hydroxyl groups is 1. The van der Waals surface area contributed by atoms with E-state index in [1.807, 2.05) is 20.0 Å². The van der Waals surface area contributed by atoms with E-state index in [1.54, 1.807) is 0 Å². The molecule has 0 spiro atoms. The summed E-state index contributed by atoms with van der Waals surface area (Å²) >= 11 is 0. The predicted octanol–water partition coefficient (Wildman–Crippen LogP) is 13.7. The summed E-state index contributed by atoms with van der Waals surface area (Å²) in [5.74, 6) is -0.191. The van der Waals surface area contributed by atoms with Gasteiger partial charge < -0.3 is 9.84 Å². The SMILES string of the molecule is CC(C)(C)Cc1ccc2cc3c4c(nccc4c2c1)-c1[c-]c2ccccc2c(CC(C)(C)C)c1O3.CCC(CC(F)(F)F)C(=O)/C=C(\O)C(CC)CC.[Ir]. The van der Waals surface area contributed by atoms with E-state index in [2.05, 4.69) is 102 Å². The Morgan fingerprint density at radius 3 is 2.11 bits per heavy atom. The maximum Gasteiger partial charge on any atom is 0.389 e. The van der Waals surface area contributed by atoms with Crippen molar-refractivity contribution in [1.82, 2.24) is 4.98 Å². The van der Waals surface area contributed by atoms with E-state index in [1.165, 1.54) is 39.6 Å². The predicted molar refractivity (Wildman–Crippen MR) is 212 cm³/mol. The molecule has 8 heteroatoms. The molecule has 1 N–H and O–H groups in total. The van der Waals surface area contributed by atoms with Crippen LogP contribution < -0.4 is 4.74 Å². The van der Waals surface area contributed by atoms with Gasteiger partial charge in [0.15, 0.2) is 5.78 Å².